The Bertz CT molecular complexity index is 4590. The first kappa shape index (κ1) is 50.8. The van der Waals surface area contributed by atoms with E-state index in [0.29, 0.717) is 34.5 Å². The van der Waals surface area contributed by atoms with Crippen molar-refractivity contribution in [3.63, 3.8) is 0 Å². The second-order valence-corrected chi connectivity index (χ2v) is 22.9. The van der Waals surface area contributed by atoms with Gasteiger partial charge in [0.1, 0.15) is 0 Å². The molecule has 0 atom stereocenters. The first-order valence-electron chi connectivity index (χ1n) is 27.4. The molecule has 0 saturated heterocycles. The third-order valence-corrected chi connectivity index (χ3v) is 15.8. The van der Waals surface area contributed by atoms with E-state index < -0.39 is 0 Å². The first-order chi connectivity index (χ1) is 39.8. The summed E-state index contributed by atoms with van der Waals surface area (Å²) in [6, 6.07) is 74.8. The van der Waals surface area contributed by atoms with Gasteiger partial charge in [-0.15, -0.1) is 0 Å². The van der Waals surface area contributed by atoms with Gasteiger partial charge in [-0.1, -0.05) is 199 Å². The van der Waals surface area contributed by atoms with Crippen molar-refractivity contribution in [1.82, 2.24) is 24.1 Å². The number of hydrogen-bond acceptors (Lipinski definition) is 3. The SMILES string of the molecule is [C-]#[N+]c1ccc(-c2ccc(-c3nc(-c4ccc(-c5ccccc5[N+]#[C-])cc4-n4c5ccccc5c5cc(C(C)(C)C)ccc54)nc(-c4ccc(-c5ccccc5[N+]#[C-])cc4-n4c5ccccc5c5cc(C(C)(C)C)ccc54)n3)cc2)cc1. The highest BCUT2D eigenvalue weighted by Gasteiger charge is 2.26. The zero-order valence-electron chi connectivity index (χ0n) is 46.4. The maximum Gasteiger partial charge on any atom is 0.194 e. The highest BCUT2D eigenvalue weighted by molar-refractivity contribution is 6.11. The van der Waals surface area contributed by atoms with Crippen molar-refractivity contribution in [3.05, 3.63) is 264 Å². The van der Waals surface area contributed by atoms with Crippen molar-refractivity contribution in [2.75, 3.05) is 0 Å². The molecule has 0 amide bonds. The normalized spacial score (nSPS) is 11.7. The van der Waals surface area contributed by atoms with Crippen molar-refractivity contribution < 1.29 is 0 Å². The lowest BCUT2D eigenvalue weighted by Crippen LogP contribution is -2.10. The fraction of sp³-hybridized carbons (Fsp3) is 0.108. The molecule has 0 bridgehead atoms. The lowest BCUT2D eigenvalue weighted by atomic mass is 9.86. The maximum absolute atomic E-state index is 8.22. The van der Waals surface area contributed by atoms with Crippen LogP contribution in [-0.4, -0.2) is 24.1 Å². The van der Waals surface area contributed by atoms with Crippen LogP contribution in [0.3, 0.4) is 0 Å². The molecule has 0 fully saturated rings. The number of hydrogen-bond donors (Lipinski definition) is 0. The Morgan fingerprint density at radius 1 is 0.317 bits per heavy atom. The molecular weight excluding hydrogens is 1000 g/mol. The summed E-state index contributed by atoms with van der Waals surface area (Å²) in [4.78, 5) is 28.2. The fourth-order valence-electron chi connectivity index (χ4n) is 11.5. The monoisotopic (exact) mass is 1050 g/mol. The van der Waals surface area contributed by atoms with E-state index in [1.54, 1.807) is 0 Å². The van der Waals surface area contributed by atoms with Crippen LogP contribution >= 0.6 is 0 Å². The zero-order chi connectivity index (χ0) is 56.4. The summed E-state index contributed by atoms with van der Waals surface area (Å²) in [5, 5.41) is 4.50. The van der Waals surface area contributed by atoms with Crippen LogP contribution < -0.4 is 0 Å². The summed E-state index contributed by atoms with van der Waals surface area (Å²) in [5.41, 5.74) is 17.5. The summed E-state index contributed by atoms with van der Waals surface area (Å²) in [6.45, 7) is 37.4. The largest absolute Gasteiger partial charge is 0.308 e. The van der Waals surface area contributed by atoms with Gasteiger partial charge in [-0.25, -0.2) is 29.5 Å². The molecule has 13 rings (SSSR count). The first-order valence-corrected chi connectivity index (χ1v) is 27.4. The van der Waals surface area contributed by atoms with Gasteiger partial charge >= 0.3 is 0 Å². The third-order valence-electron chi connectivity index (χ3n) is 15.8. The van der Waals surface area contributed by atoms with Gasteiger partial charge in [0.15, 0.2) is 34.5 Å². The van der Waals surface area contributed by atoms with Crippen LogP contribution in [0.5, 0.6) is 0 Å². The quantitative estimate of drug-likeness (QED) is 0.142. The molecule has 0 aliphatic heterocycles. The van der Waals surface area contributed by atoms with Crippen LogP contribution in [0, 0.1) is 19.7 Å². The van der Waals surface area contributed by atoms with Crippen LogP contribution in [0.1, 0.15) is 52.7 Å². The van der Waals surface area contributed by atoms with Gasteiger partial charge in [0.2, 0.25) is 0 Å². The minimum Gasteiger partial charge on any atom is -0.308 e. The average molecular weight is 1060 g/mol. The van der Waals surface area contributed by atoms with Crippen molar-refractivity contribution >= 4 is 60.7 Å². The second kappa shape index (κ2) is 19.9. The molecule has 10 aromatic carbocycles. The standard InChI is InChI=1S/C74H54N8/c1-73(2,3)51-34-40-66-60(44-51)56-20-12-16-24-64(56)81(66)68-42-49(54-18-10-14-22-62(54)76-8)32-38-58(68)71-78-70(48-28-26-46(27-29-48)47-30-36-53(75-7)37-31-47)79-72(80-71)59-39-33-50(55-19-11-15-23-63(55)77-9)43-69(59)82-65-25-17-13-21-57(65)61-45-52(74(4,5)6)35-41-67(61)82/h10-45H,1-6H3. The number of nitrogens with zero attached hydrogens (tertiary/aromatic N) is 8. The van der Waals surface area contributed by atoms with Crippen molar-refractivity contribution in [1.29, 1.82) is 0 Å². The van der Waals surface area contributed by atoms with E-state index in [0.717, 1.165) is 105 Å². The second-order valence-electron chi connectivity index (χ2n) is 22.9. The molecule has 0 saturated carbocycles. The lowest BCUT2D eigenvalue weighted by Gasteiger charge is -2.20. The molecule has 3 aromatic heterocycles. The minimum atomic E-state index is -0.0864. The van der Waals surface area contributed by atoms with Gasteiger partial charge in [-0.2, -0.15) is 0 Å². The Labute approximate surface area is 477 Å². The number of para-hydroxylation sites is 4. The molecule has 3 heterocycles. The van der Waals surface area contributed by atoms with E-state index in [4.69, 9.17) is 34.7 Å². The van der Waals surface area contributed by atoms with Crippen molar-refractivity contribution in [2.45, 2.75) is 52.4 Å². The van der Waals surface area contributed by atoms with Gasteiger partial charge in [0.25, 0.3) is 0 Å². The minimum absolute atomic E-state index is 0.0864. The Kier molecular flexibility index (Phi) is 12.3. The number of aromatic nitrogens is 5. The Morgan fingerprint density at radius 3 is 1.13 bits per heavy atom. The Balaban J connectivity index is 1.12. The van der Waals surface area contributed by atoms with E-state index in [9.17, 15) is 0 Å². The average Bonchev–Trinajstić information content (AvgIpc) is 4.23. The predicted molar refractivity (Wildman–Crippen MR) is 337 cm³/mol. The molecule has 0 radical (unpaired) electrons. The summed E-state index contributed by atoms with van der Waals surface area (Å²) < 4.78 is 4.65. The lowest BCUT2D eigenvalue weighted by molar-refractivity contribution is 0.591. The molecule has 13 aromatic rings. The van der Waals surface area contributed by atoms with Gasteiger partial charge in [0, 0.05) is 38.2 Å². The highest BCUT2D eigenvalue weighted by Crippen LogP contribution is 2.44. The molecule has 0 aliphatic carbocycles. The number of benzene rings is 10. The number of rotatable bonds is 8. The van der Waals surface area contributed by atoms with Gasteiger partial charge in [0.05, 0.1) is 53.2 Å². The summed E-state index contributed by atoms with van der Waals surface area (Å²) in [6.07, 6.45) is 0. The smallest absolute Gasteiger partial charge is 0.194 e. The summed E-state index contributed by atoms with van der Waals surface area (Å²) in [5.74, 6) is 1.40. The van der Waals surface area contributed by atoms with Gasteiger partial charge in [-0.3, -0.25) is 0 Å². The van der Waals surface area contributed by atoms with Gasteiger partial charge < -0.3 is 9.13 Å². The van der Waals surface area contributed by atoms with Crippen LogP contribution in [0.25, 0.3) is 137 Å². The third kappa shape index (κ3) is 8.83. The van der Waals surface area contributed by atoms with Crippen LogP contribution in [0.2, 0.25) is 0 Å². The molecule has 0 N–H and O–H groups in total. The Hall–Kier alpha value is -10.7. The van der Waals surface area contributed by atoms with E-state index in [-0.39, 0.29) is 10.8 Å². The molecule has 0 unspecified atom stereocenters. The predicted octanol–water partition coefficient (Wildman–Crippen LogP) is 20.3. The van der Waals surface area contributed by atoms with Crippen LogP contribution in [0.15, 0.2) is 218 Å². The van der Waals surface area contributed by atoms with Crippen LogP contribution in [-0.2, 0) is 10.8 Å². The van der Waals surface area contributed by atoms with E-state index in [1.165, 1.54) is 11.1 Å². The molecule has 8 nitrogen and oxygen atoms in total. The summed E-state index contributed by atoms with van der Waals surface area (Å²) >= 11 is 0. The van der Waals surface area contributed by atoms with E-state index >= 15 is 0 Å². The zero-order valence-corrected chi connectivity index (χ0v) is 46.4. The molecule has 0 spiro atoms. The van der Waals surface area contributed by atoms with Crippen LogP contribution in [0.4, 0.5) is 17.1 Å². The summed E-state index contributed by atoms with van der Waals surface area (Å²) in [7, 11) is 0. The molecule has 390 valence electrons. The van der Waals surface area contributed by atoms with Crippen molar-refractivity contribution in [3.8, 4) is 78.9 Å². The molecule has 0 aliphatic rings. The van der Waals surface area contributed by atoms with E-state index in [1.807, 2.05) is 72.8 Å². The van der Waals surface area contributed by atoms with Gasteiger partial charge in [-0.05, 0) is 116 Å². The molecule has 82 heavy (non-hydrogen) atoms. The highest BCUT2D eigenvalue weighted by atomic mass is 15.1. The van der Waals surface area contributed by atoms with E-state index in [2.05, 4.69) is 211 Å². The molecular formula is C74H54N8. The maximum atomic E-state index is 8.22. The molecule has 8 heteroatoms. The number of fused-ring (bicyclic) bond motifs is 6. The fourth-order valence-corrected chi connectivity index (χ4v) is 11.5. The van der Waals surface area contributed by atoms with Crippen molar-refractivity contribution in [2.24, 2.45) is 0 Å². The Morgan fingerprint density at radius 2 is 0.695 bits per heavy atom. The topological polar surface area (TPSA) is 61.6 Å².